The van der Waals surface area contributed by atoms with Crippen LogP contribution in [0.2, 0.25) is 0 Å². The number of carboxylic acids is 2. The average molecular weight is 543 g/mol. The molecule has 0 unspecified atom stereocenters. The van der Waals surface area contributed by atoms with Crippen molar-refractivity contribution in [3.05, 3.63) is 36.3 Å². The molecule has 1 aliphatic heterocycles. The highest BCUT2D eigenvalue weighted by atomic mass is 19.4. The van der Waals surface area contributed by atoms with Crippen LogP contribution in [0.25, 0.3) is 11.3 Å². The van der Waals surface area contributed by atoms with Crippen LogP contribution < -0.4 is 10.2 Å². The number of hydrogen-bond donors (Lipinski definition) is 3. The molecule has 0 spiro atoms. The van der Waals surface area contributed by atoms with Gasteiger partial charge in [-0.3, -0.25) is 9.59 Å². The monoisotopic (exact) mass is 542 g/mol. The predicted octanol–water partition coefficient (Wildman–Crippen LogP) is 3.98. The molecule has 2 amide bonds. The fourth-order valence-electron chi connectivity index (χ4n) is 3.89. The van der Waals surface area contributed by atoms with Gasteiger partial charge in [0.1, 0.15) is 0 Å². The summed E-state index contributed by atoms with van der Waals surface area (Å²) in [6, 6.07) is 5.25. The van der Waals surface area contributed by atoms with Gasteiger partial charge in [-0.1, -0.05) is 6.07 Å². The molecule has 2 atom stereocenters. The smallest absolute Gasteiger partial charge is 0.481 e. The number of imidazole rings is 1. The number of fused-ring (bicyclic) bond motifs is 1. The van der Waals surface area contributed by atoms with Crippen LogP contribution in [0, 0.1) is 0 Å². The second-order valence-electron chi connectivity index (χ2n) is 8.84. The summed E-state index contributed by atoms with van der Waals surface area (Å²) >= 11 is 0. The number of aromatic nitrogens is 2. The van der Waals surface area contributed by atoms with Crippen LogP contribution in [-0.4, -0.2) is 62.0 Å². The zero-order valence-corrected chi connectivity index (χ0v) is 21.2. The Morgan fingerprint density at radius 1 is 1.21 bits per heavy atom. The summed E-state index contributed by atoms with van der Waals surface area (Å²) in [5.41, 5.74) is 3.06. The molecule has 0 bridgehead atoms. The first-order chi connectivity index (χ1) is 17.6. The van der Waals surface area contributed by atoms with E-state index in [-0.39, 0.29) is 30.5 Å². The van der Waals surface area contributed by atoms with E-state index in [9.17, 15) is 27.6 Å². The number of nitrogens with one attached hydrogen (secondary N) is 1. The number of ether oxygens (including phenoxy) is 1. The highest BCUT2D eigenvalue weighted by molar-refractivity contribution is 5.94. The Hall–Kier alpha value is -4.10. The standard InChI is InChI=1S/C22H28N4O5.C2HF3O2/c1-13(2)31-22(30)24-18-9-14(3)26(15(4)27)20-6-5-16(10-17(18)20)19-11-25(12-23-19)8-7-21(28)29;3-2(4,5)1(6)7/h5-6,10-14,18H,7-9H2,1-4H3,(H,24,30)(H,28,29);(H,6,7)/t14-,18+;/m0./s1. The first-order valence-corrected chi connectivity index (χ1v) is 11.5. The number of benzene rings is 1. The molecule has 14 heteroatoms. The summed E-state index contributed by atoms with van der Waals surface area (Å²) in [5, 5.41) is 18.9. The van der Waals surface area contributed by atoms with E-state index in [0.717, 1.165) is 16.8 Å². The number of rotatable bonds is 6. The Kier molecular flexibility index (Phi) is 9.85. The molecular formula is C24H29F3N4O7. The van der Waals surface area contributed by atoms with Gasteiger partial charge < -0.3 is 29.7 Å². The lowest BCUT2D eigenvalue weighted by molar-refractivity contribution is -0.192. The number of anilines is 1. The number of aryl methyl sites for hydroxylation is 1. The first-order valence-electron chi connectivity index (χ1n) is 11.5. The van der Waals surface area contributed by atoms with Gasteiger partial charge in [-0.05, 0) is 44.9 Å². The topological polar surface area (TPSA) is 151 Å². The van der Waals surface area contributed by atoms with Crippen molar-refractivity contribution in [2.75, 3.05) is 4.90 Å². The number of halogens is 3. The number of alkyl carbamates (subject to hydrolysis) is 1. The number of hydrogen-bond acceptors (Lipinski definition) is 6. The fourth-order valence-corrected chi connectivity index (χ4v) is 3.89. The van der Waals surface area contributed by atoms with Crippen LogP contribution in [0.15, 0.2) is 30.7 Å². The summed E-state index contributed by atoms with van der Waals surface area (Å²) in [6.45, 7) is 7.37. The molecule has 3 N–H and O–H groups in total. The largest absolute Gasteiger partial charge is 0.490 e. The Morgan fingerprint density at radius 3 is 2.37 bits per heavy atom. The number of carbonyl (C=O) groups is 4. The highest BCUT2D eigenvalue weighted by Gasteiger charge is 2.38. The van der Waals surface area contributed by atoms with Crippen molar-refractivity contribution in [3.63, 3.8) is 0 Å². The second-order valence-corrected chi connectivity index (χ2v) is 8.84. The molecule has 2 heterocycles. The molecule has 2 aromatic rings. The molecule has 3 rings (SSSR count). The molecule has 0 radical (unpaired) electrons. The number of nitrogens with zero attached hydrogens (tertiary/aromatic N) is 3. The Bertz CT molecular complexity index is 1180. The second kappa shape index (κ2) is 12.4. The number of carboxylic acid groups (broad SMARTS) is 2. The lowest BCUT2D eigenvalue weighted by Gasteiger charge is -2.39. The Morgan fingerprint density at radius 2 is 1.84 bits per heavy atom. The third-order valence-electron chi connectivity index (χ3n) is 5.41. The number of alkyl halides is 3. The first kappa shape index (κ1) is 30.1. The molecule has 0 aliphatic carbocycles. The van der Waals surface area contributed by atoms with Gasteiger partial charge in [0.15, 0.2) is 0 Å². The van der Waals surface area contributed by atoms with Crippen molar-refractivity contribution in [1.29, 1.82) is 0 Å². The number of amides is 2. The van der Waals surface area contributed by atoms with Crippen molar-refractivity contribution in [1.82, 2.24) is 14.9 Å². The molecule has 1 aromatic carbocycles. The zero-order chi connectivity index (χ0) is 28.8. The summed E-state index contributed by atoms with van der Waals surface area (Å²) in [5.74, 6) is -3.69. The predicted molar refractivity (Wildman–Crippen MR) is 128 cm³/mol. The SMILES string of the molecule is CC(=O)N1c2ccc(-c3cn(CCC(=O)O)cn3)cc2[C@H](NC(=O)OC(C)C)C[C@@H]1C.O=C(O)C(F)(F)F. The van der Waals surface area contributed by atoms with E-state index in [0.29, 0.717) is 18.7 Å². The molecule has 0 fully saturated rings. The van der Waals surface area contributed by atoms with Gasteiger partial charge in [-0.15, -0.1) is 0 Å². The van der Waals surface area contributed by atoms with E-state index in [1.165, 1.54) is 6.92 Å². The van der Waals surface area contributed by atoms with Crippen LogP contribution >= 0.6 is 0 Å². The summed E-state index contributed by atoms with van der Waals surface area (Å²) in [4.78, 5) is 50.4. The van der Waals surface area contributed by atoms with Crippen LogP contribution in [0.1, 0.15) is 52.1 Å². The van der Waals surface area contributed by atoms with Crippen LogP contribution in [0.4, 0.5) is 23.7 Å². The summed E-state index contributed by atoms with van der Waals surface area (Å²) in [6.07, 6.45) is -1.88. The van der Waals surface area contributed by atoms with Crippen LogP contribution in [0.3, 0.4) is 0 Å². The van der Waals surface area contributed by atoms with E-state index >= 15 is 0 Å². The maximum Gasteiger partial charge on any atom is 0.490 e. The van der Waals surface area contributed by atoms with Gasteiger partial charge in [0.25, 0.3) is 0 Å². The normalized spacial score (nSPS) is 16.7. The highest BCUT2D eigenvalue weighted by Crippen LogP contribution is 2.39. The lowest BCUT2D eigenvalue weighted by atomic mass is 9.90. The zero-order valence-electron chi connectivity index (χ0n) is 21.2. The number of aliphatic carboxylic acids is 2. The maximum atomic E-state index is 12.3. The van der Waals surface area contributed by atoms with Crippen molar-refractivity contribution in [3.8, 4) is 11.3 Å². The van der Waals surface area contributed by atoms with E-state index in [4.69, 9.17) is 19.7 Å². The minimum atomic E-state index is -5.08. The molecule has 1 aliphatic rings. The third-order valence-corrected chi connectivity index (χ3v) is 5.41. The van der Waals surface area contributed by atoms with Gasteiger partial charge in [0.05, 0.1) is 30.6 Å². The minimum absolute atomic E-state index is 0.00933. The lowest BCUT2D eigenvalue weighted by Crippen LogP contribution is -2.45. The Labute approximate surface area is 216 Å². The molecule has 38 heavy (non-hydrogen) atoms. The maximum absolute atomic E-state index is 12.3. The van der Waals surface area contributed by atoms with Crippen molar-refractivity contribution >= 4 is 29.6 Å². The summed E-state index contributed by atoms with van der Waals surface area (Å²) < 4.78 is 38.7. The third kappa shape index (κ3) is 8.21. The van der Waals surface area contributed by atoms with Gasteiger partial charge >= 0.3 is 24.2 Å². The minimum Gasteiger partial charge on any atom is -0.481 e. The van der Waals surface area contributed by atoms with Crippen molar-refractivity contribution < 1.29 is 47.3 Å². The fraction of sp³-hybridized carbons (Fsp3) is 0.458. The van der Waals surface area contributed by atoms with Gasteiger partial charge in [-0.25, -0.2) is 14.6 Å². The van der Waals surface area contributed by atoms with E-state index in [1.807, 2.05) is 25.1 Å². The quantitative estimate of drug-likeness (QED) is 0.496. The molecule has 0 saturated carbocycles. The molecular weight excluding hydrogens is 513 g/mol. The van der Waals surface area contributed by atoms with Crippen LogP contribution in [-0.2, 0) is 25.7 Å². The average Bonchev–Trinajstić information content (AvgIpc) is 3.25. The van der Waals surface area contributed by atoms with Crippen molar-refractivity contribution in [2.45, 2.75) is 71.4 Å². The van der Waals surface area contributed by atoms with E-state index < -0.39 is 24.2 Å². The van der Waals surface area contributed by atoms with E-state index in [1.54, 1.807) is 35.8 Å². The summed E-state index contributed by atoms with van der Waals surface area (Å²) in [7, 11) is 0. The van der Waals surface area contributed by atoms with Crippen molar-refractivity contribution in [2.24, 2.45) is 0 Å². The molecule has 11 nitrogen and oxygen atoms in total. The molecule has 1 aromatic heterocycles. The molecule has 0 saturated heterocycles. The van der Waals surface area contributed by atoms with Crippen LogP contribution in [0.5, 0.6) is 0 Å². The van der Waals surface area contributed by atoms with Gasteiger partial charge in [0, 0.05) is 37.0 Å². The van der Waals surface area contributed by atoms with Gasteiger partial charge in [0.2, 0.25) is 5.91 Å². The van der Waals surface area contributed by atoms with Gasteiger partial charge in [-0.2, -0.15) is 13.2 Å². The Balaban J connectivity index is 0.000000638. The van der Waals surface area contributed by atoms with E-state index in [2.05, 4.69) is 10.3 Å². The number of carbonyl (C=O) groups excluding carboxylic acids is 2. The molecule has 208 valence electrons.